The van der Waals surface area contributed by atoms with Gasteiger partial charge in [-0.25, -0.2) is 4.39 Å². The molecule has 0 fully saturated rings. The molecule has 5 nitrogen and oxygen atoms in total. The van der Waals surface area contributed by atoms with Gasteiger partial charge in [-0.3, -0.25) is 14.2 Å². The average Bonchev–Trinajstić information content (AvgIpc) is 2.98. The van der Waals surface area contributed by atoms with Crippen LogP contribution in [0.2, 0.25) is 0 Å². The van der Waals surface area contributed by atoms with Gasteiger partial charge in [0.05, 0.1) is 19.0 Å². The SMILES string of the molecule is CCCCNC(=O)Cc1c(C)n(C(=O)c2ccc(C)cc2)c2cc(F)c(OC)cc12. The van der Waals surface area contributed by atoms with E-state index < -0.39 is 5.82 Å². The normalized spacial score (nSPS) is 11.0. The van der Waals surface area contributed by atoms with E-state index in [1.165, 1.54) is 17.7 Å². The Morgan fingerprint density at radius 2 is 1.83 bits per heavy atom. The molecular formula is C24H27FN2O3. The molecule has 3 aromatic rings. The van der Waals surface area contributed by atoms with Crippen molar-refractivity contribution in [1.29, 1.82) is 0 Å². The monoisotopic (exact) mass is 410 g/mol. The van der Waals surface area contributed by atoms with Crippen molar-refractivity contribution >= 4 is 22.7 Å². The van der Waals surface area contributed by atoms with E-state index in [-0.39, 0.29) is 24.0 Å². The van der Waals surface area contributed by atoms with Crippen LogP contribution in [-0.2, 0) is 11.2 Å². The molecule has 0 bridgehead atoms. The summed E-state index contributed by atoms with van der Waals surface area (Å²) < 4.78 is 21.1. The number of hydrogen-bond acceptors (Lipinski definition) is 3. The number of carbonyl (C=O) groups excluding carboxylic acids is 2. The standard InChI is InChI=1S/C24H27FN2O3/c1-5-6-11-26-23(28)13-18-16(3)27(24(29)17-9-7-15(2)8-10-17)21-14-20(25)22(30-4)12-19(18)21/h7-10,12,14H,5-6,11,13H2,1-4H3,(H,26,28). The smallest absolute Gasteiger partial charge is 0.262 e. The Labute approximate surface area is 175 Å². The molecule has 30 heavy (non-hydrogen) atoms. The second-order valence-corrected chi connectivity index (χ2v) is 7.45. The maximum absolute atomic E-state index is 14.5. The Hall–Kier alpha value is -3.15. The van der Waals surface area contributed by atoms with E-state index in [2.05, 4.69) is 12.2 Å². The average molecular weight is 410 g/mol. The molecule has 1 N–H and O–H groups in total. The van der Waals surface area contributed by atoms with E-state index in [4.69, 9.17) is 4.74 Å². The van der Waals surface area contributed by atoms with E-state index in [0.717, 1.165) is 18.4 Å². The number of halogens is 1. The summed E-state index contributed by atoms with van der Waals surface area (Å²) in [6.45, 7) is 6.39. The number of methoxy groups -OCH3 is 1. The molecule has 0 saturated heterocycles. The number of amides is 1. The number of unbranched alkanes of at least 4 members (excludes halogenated alkanes) is 1. The van der Waals surface area contributed by atoms with Crippen molar-refractivity contribution in [2.45, 2.75) is 40.0 Å². The third kappa shape index (κ3) is 4.22. The summed E-state index contributed by atoms with van der Waals surface area (Å²) in [6.07, 6.45) is 1.99. The van der Waals surface area contributed by atoms with E-state index in [9.17, 15) is 14.0 Å². The molecule has 2 aromatic carbocycles. The highest BCUT2D eigenvalue weighted by molar-refractivity contribution is 6.05. The molecule has 0 radical (unpaired) electrons. The first-order valence-corrected chi connectivity index (χ1v) is 10.1. The van der Waals surface area contributed by atoms with Crippen LogP contribution in [0.1, 0.15) is 46.9 Å². The zero-order valence-electron chi connectivity index (χ0n) is 17.8. The maximum atomic E-state index is 14.5. The lowest BCUT2D eigenvalue weighted by atomic mass is 10.1. The number of ether oxygens (including phenoxy) is 1. The van der Waals surface area contributed by atoms with Crippen LogP contribution in [0.5, 0.6) is 5.75 Å². The van der Waals surface area contributed by atoms with E-state index in [0.29, 0.717) is 34.3 Å². The fourth-order valence-electron chi connectivity index (χ4n) is 3.57. The first kappa shape index (κ1) is 21.6. The van der Waals surface area contributed by atoms with Gasteiger partial charge in [0.15, 0.2) is 11.6 Å². The number of carbonyl (C=O) groups is 2. The van der Waals surface area contributed by atoms with Crippen LogP contribution in [-0.4, -0.2) is 30.0 Å². The summed E-state index contributed by atoms with van der Waals surface area (Å²) in [5, 5.41) is 3.54. The number of aromatic nitrogens is 1. The molecule has 1 aromatic heterocycles. The van der Waals surface area contributed by atoms with Crippen LogP contribution in [0, 0.1) is 19.7 Å². The van der Waals surface area contributed by atoms with Crippen LogP contribution in [0.4, 0.5) is 4.39 Å². The van der Waals surface area contributed by atoms with Gasteiger partial charge in [0.2, 0.25) is 5.91 Å². The predicted molar refractivity (Wildman–Crippen MR) is 116 cm³/mol. The van der Waals surface area contributed by atoms with E-state index in [1.54, 1.807) is 25.1 Å². The maximum Gasteiger partial charge on any atom is 0.262 e. The largest absolute Gasteiger partial charge is 0.494 e. The van der Waals surface area contributed by atoms with Crippen LogP contribution < -0.4 is 10.1 Å². The molecule has 1 heterocycles. The van der Waals surface area contributed by atoms with Crippen molar-refractivity contribution in [3.63, 3.8) is 0 Å². The van der Waals surface area contributed by atoms with Gasteiger partial charge in [0.1, 0.15) is 0 Å². The molecule has 6 heteroatoms. The van der Waals surface area contributed by atoms with Crippen molar-refractivity contribution in [2.24, 2.45) is 0 Å². The fraction of sp³-hybridized carbons (Fsp3) is 0.333. The Morgan fingerprint density at radius 1 is 1.13 bits per heavy atom. The van der Waals surface area contributed by atoms with Gasteiger partial charge in [-0.05, 0) is 44.0 Å². The van der Waals surface area contributed by atoms with E-state index >= 15 is 0 Å². The van der Waals surface area contributed by atoms with Gasteiger partial charge in [0, 0.05) is 29.3 Å². The number of fused-ring (bicyclic) bond motifs is 1. The molecule has 0 aliphatic carbocycles. The highest BCUT2D eigenvalue weighted by Crippen LogP contribution is 2.32. The summed E-state index contributed by atoms with van der Waals surface area (Å²) in [7, 11) is 1.39. The second kappa shape index (κ2) is 9.11. The minimum absolute atomic E-state index is 0.0788. The molecule has 3 rings (SSSR count). The summed E-state index contributed by atoms with van der Waals surface area (Å²) in [4.78, 5) is 25.8. The number of hydrogen-bond donors (Lipinski definition) is 1. The molecule has 0 aliphatic heterocycles. The summed E-state index contributed by atoms with van der Waals surface area (Å²) in [5.41, 5.74) is 3.27. The summed E-state index contributed by atoms with van der Waals surface area (Å²) in [5.74, 6) is -0.870. The van der Waals surface area contributed by atoms with Crippen molar-refractivity contribution in [2.75, 3.05) is 13.7 Å². The lowest BCUT2D eigenvalue weighted by Gasteiger charge is -2.09. The van der Waals surface area contributed by atoms with Crippen LogP contribution in [0.25, 0.3) is 10.9 Å². The van der Waals surface area contributed by atoms with Gasteiger partial charge >= 0.3 is 0 Å². The molecule has 0 atom stereocenters. The number of nitrogens with zero attached hydrogens (tertiary/aromatic N) is 1. The summed E-state index contributed by atoms with van der Waals surface area (Å²) >= 11 is 0. The minimum Gasteiger partial charge on any atom is -0.494 e. The topological polar surface area (TPSA) is 60.3 Å². The van der Waals surface area contributed by atoms with Gasteiger partial charge < -0.3 is 10.1 Å². The third-order valence-electron chi connectivity index (χ3n) is 5.30. The van der Waals surface area contributed by atoms with E-state index in [1.807, 2.05) is 19.1 Å². The molecule has 0 aliphatic rings. The zero-order valence-corrected chi connectivity index (χ0v) is 17.8. The predicted octanol–water partition coefficient (Wildman–Crippen LogP) is 4.55. The molecule has 0 saturated carbocycles. The highest BCUT2D eigenvalue weighted by Gasteiger charge is 2.23. The number of benzene rings is 2. The second-order valence-electron chi connectivity index (χ2n) is 7.45. The third-order valence-corrected chi connectivity index (χ3v) is 5.30. The van der Waals surface area contributed by atoms with Crippen molar-refractivity contribution < 1.29 is 18.7 Å². The summed E-state index contributed by atoms with van der Waals surface area (Å²) in [6, 6.07) is 10.1. The molecule has 0 spiro atoms. The number of aryl methyl sites for hydroxylation is 1. The first-order chi connectivity index (χ1) is 14.4. The lowest BCUT2D eigenvalue weighted by Crippen LogP contribution is -2.26. The molecule has 0 unspecified atom stereocenters. The Kier molecular flexibility index (Phi) is 6.55. The zero-order chi connectivity index (χ0) is 21.8. The van der Waals surface area contributed by atoms with Crippen LogP contribution in [0.3, 0.4) is 0 Å². The molecule has 1 amide bonds. The Balaban J connectivity index is 2.11. The van der Waals surface area contributed by atoms with Crippen LogP contribution in [0.15, 0.2) is 36.4 Å². The minimum atomic E-state index is -0.556. The van der Waals surface area contributed by atoms with Gasteiger partial charge in [0.25, 0.3) is 5.91 Å². The highest BCUT2D eigenvalue weighted by atomic mass is 19.1. The van der Waals surface area contributed by atoms with Gasteiger partial charge in [-0.15, -0.1) is 0 Å². The lowest BCUT2D eigenvalue weighted by molar-refractivity contribution is -0.120. The van der Waals surface area contributed by atoms with Gasteiger partial charge in [-0.2, -0.15) is 0 Å². The van der Waals surface area contributed by atoms with Crippen molar-refractivity contribution in [3.05, 3.63) is 64.6 Å². The Morgan fingerprint density at radius 3 is 2.47 bits per heavy atom. The van der Waals surface area contributed by atoms with Crippen molar-refractivity contribution in [3.8, 4) is 5.75 Å². The number of nitrogens with one attached hydrogen (secondary N) is 1. The molecular weight excluding hydrogens is 383 g/mol. The molecule has 158 valence electrons. The first-order valence-electron chi connectivity index (χ1n) is 10.1. The van der Waals surface area contributed by atoms with Crippen molar-refractivity contribution in [1.82, 2.24) is 9.88 Å². The van der Waals surface area contributed by atoms with Gasteiger partial charge in [-0.1, -0.05) is 31.0 Å². The number of rotatable bonds is 7. The fourth-order valence-corrected chi connectivity index (χ4v) is 3.57. The Bertz CT molecular complexity index is 1080. The quantitative estimate of drug-likeness (QED) is 0.581. The van der Waals surface area contributed by atoms with Crippen LogP contribution >= 0.6 is 0 Å².